The molecule has 0 radical (unpaired) electrons. The van der Waals surface area contributed by atoms with Crippen LogP contribution in [0.5, 0.6) is 11.6 Å². The molecule has 0 aliphatic carbocycles. The van der Waals surface area contributed by atoms with Crippen LogP contribution in [0.1, 0.15) is 59.7 Å². The number of benzene rings is 2. The Hall–Kier alpha value is -3.39. The molecule has 1 amide bonds. The predicted octanol–water partition coefficient (Wildman–Crippen LogP) is 4.38. The molecule has 34 heavy (non-hydrogen) atoms. The van der Waals surface area contributed by atoms with Crippen LogP contribution in [0.4, 0.5) is 4.39 Å². The summed E-state index contributed by atoms with van der Waals surface area (Å²) >= 11 is 0. The van der Waals surface area contributed by atoms with Crippen molar-refractivity contribution in [1.29, 1.82) is 0 Å². The molecule has 7 nitrogen and oxygen atoms in total. The molecule has 0 bridgehead atoms. The number of carbonyl (C=O) groups excluding carboxylic acids is 1. The van der Waals surface area contributed by atoms with Crippen LogP contribution in [0.15, 0.2) is 48.5 Å². The minimum atomic E-state index is -0.405. The molecule has 2 aliphatic rings. The summed E-state index contributed by atoms with van der Waals surface area (Å²) in [4.78, 5) is 12.9. The Labute approximate surface area is 197 Å². The Kier molecular flexibility index (Phi) is 6.24. The highest BCUT2D eigenvalue weighted by Gasteiger charge is 2.28. The topological polar surface area (TPSA) is 74.6 Å². The molecule has 0 saturated carbocycles. The zero-order valence-corrected chi connectivity index (χ0v) is 19.3. The lowest BCUT2D eigenvalue weighted by atomic mass is 9.98. The molecule has 0 fully saturated rings. The van der Waals surface area contributed by atoms with Gasteiger partial charge in [0.2, 0.25) is 5.88 Å². The van der Waals surface area contributed by atoms with Crippen LogP contribution in [0.2, 0.25) is 0 Å². The van der Waals surface area contributed by atoms with Crippen LogP contribution < -0.4 is 14.8 Å². The number of hydrogen-bond acceptors (Lipinski definition) is 5. The van der Waals surface area contributed by atoms with Gasteiger partial charge in [-0.3, -0.25) is 4.79 Å². The summed E-state index contributed by atoms with van der Waals surface area (Å²) in [5, 5.41) is 7.42. The highest BCUT2D eigenvalue weighted by molar-refractivity contribution is 5.92. The minimum absolute atomic E-state index is 0.00433. The molecule has 0 saturated heterocycles. The SMILES string of the molecule is CCOC(C)c1ccc2c(c1)CC(NC(=O)c1cc3n(n1)CCC(c1ccccc1F)O3)CO2. The summed E-state index contributed by atoms with van der Waals surface area (Å²) in [6, 6.07) is 14.1. The zero-order chi connectivity index (χ0) is 23.7. The third-order valence-corrected chi connectivity index (χ3v) is 6.31. The first-order chi connectivity index (χ1) is 16.5. The summed E-state index contributed by atoms with van der Waals surface area (Å²) in [6.45, 7) is 5.57. The van der Waals surface area contributed by atoms with Crippen molar-refractivity contribution in [3.05, 3.63) is 76.7 Å². The van der Waals surface area contributed by atoms with Crippen molar-refractivity contribution in [3.63, 3.8) is 0 Å². The van der Waals surface area contributed by atoms with Crippen molar-refractivity contribution in [1.82, 2.24) is 15.1 Å². The number of ether oxygens (including phenoxy) is 3. The van der Waals surface area contributed by atoms with Crippen LogP contribution in [-0.4, -0.2) is 34.9 Å². The maximum atomic E-state index is 14.2. The number of fused-ring (bicyclic) bond motifs is 2. The maximum absolute atomic E-state index is 14.2. The molecule has 1 aromatic heterocycles. The second-order valence-corrected chi connectivity index (χ2v) is 8.66. The lowest BCUT2D eigenvalue weighted by molar-refractivity contribution is 0.0761. The van der Waals surface area contributed by atoms with E-state index in [4.69, 9.17) is 14.2 Å². The average molecular weight is 466 g/mol. The molecule has 8 heteroatoms. The van der Waals surface area contributed by atoms with E-state index < -0.39 is 6.10 Å². The Bertz CT molecular complexity index is 1190. The quantitative estimate of drug-likeness (QED) is 0.585. The van der Waals surface area contributed by atoms with Crippen LogP contribution in [0, 0.1) is 5.82 Å². The van der Waals surface area contributed by atoms with Crippen molar-refractivity contribution in [2.75, 3.05) is 13.2 Å². The van der Waals surface area contributed by atoms with Gasteiger partial charge in [0, 0.05) is 31.2 Å². The molecule has 0 spiro atoms. The maximum Gasteiger partial charge on any atom is 0.272 e. The van der Waals surface area contributed by atoms with E-state index in [-0.39, 0.29) is 29.6 Å². The third-order valence-electron chi connectivity index (χ3n) is 6.31. The van der Waals surface area contributed by atoms with Gasteiger partial charge in [-0.15, -0.1) is 0 Å². The fraction of sp³-hybridized carbons (Fsp3) is 0.385. The first-order valence-electron chi connectivity index (χ1n) is 11.7. The van der Waals surface area contributed by atoms with Crippen molar-refractivity contribution in [3.8, 4) is 11.6 Å². The fourth-order valence-corrected chi connectivity index (χ4v) is 4.53. The third kappa shape index (κ3) is 4.50. The first kappa shape index (κ1) is 22.4. The van der Waals surface area contributed by atoms with Gasteiger partial charge < -0.3 is 19.5 Å². The Morgan fingerprint density at radius 3 is 2.97 bits per heavy atom. The second kappa shape index (κ2) is 9.46. The predicted molar refractivity (Wildman–Crippen MR) is 124 cm³/mol. The Balaban J connectivity index is 1.25. The molecule has 2 aromatic carbocycles. The van der Waals surface area contributed by atoms with Gasteiger partial charge in [0.15, 0.2) is 5.69 Å². The van der Waals surface area contributed by atoms with Crippen molar-refractivity contribution >= 4 is 5.91 Å². The van der Waals surface area contributed by atoms with Crippen molar-refractivity contribution < 1.29 is 23.4 Å². The molecular weight excluding hydrogens is 437 g/mol. The van der Waals surface area contributed by atoms with Gasteiger partial charge in [-0.1, -0.05) is 24.3 Å². The van der Waals surface area contributed by atoms with Gasteiger partial charge in [-0.2, -0.15) is 5.10 Å². The van der Waals surface area contributed by atoms with E-state index >= 15 is 0 Å². The van der Waals surface area contributed by atoms with E-state index in [1.165, 1.54) is 6.07 Å². The van der Waals surface area contributed by atoms with Gasteiger partial charge >= 0.3 is 0 Å². The smallest absolute Gasteiger partial charge is 0.272 e. The number of nitrogens with one attached hydrogen (secondary N) is 1. The molecule has 2 aliphatic heterocycles. The summed E-state index contributed by atoms with van der Waals surface area (Å²) in [7, 11) is 0. The lowest BCUT2D eigenvalue weighted by Crippen LogP contribution is -2.43. The van der Waals surface area contributed by atoms with Crippen molar-refractivity contribution in [2.24, 2.45) is 0 Å². The number of aryl methyl sites for hydroxylation is 1. The highest BCUT2D eigenvalue weighted by Crippen LogP contribution is 2.33. The van der Waals surface area contributed by atoms with Gasteiger partial charge in [0.25, 0.3) is 5.91 Å². The molecule has 178 valence electrons. The molecule has 3 aromatic rings. The van der Waals surface area contributed by atoms with E-state index in [2.05, 4.69) is 16.5 Å². The number of carbonyl (C=O) groups is 1. The fourth-order valence-electron chi connectivity index (χ4n) is 4.53. The van der Waals surface area contributed by atoms with Crippen LogP contribution in [0.25, 0.3) is 0 Å². The van der Waals surface area contributed by atoms with Crippen molar-refractivity contribution in [2.45, 2.75) is 51.5 Å². The normalized spacial score (nSPS) is 19.9. The highest BCUT2D eigenvalue weighted by atomic mass is 19.1. The number of hydrogen-bond donors (Lipinski definition) is 1. The van der Waals surface area contributed by atoms with E-state index in [1.807, 2.05) is 26.0 Å². The van der Waals surface area contributed by atoms with Crippen LogP contribution in [0.3, 0.4) is 0 Å². The number of halogens is 1. The molecule has 1 N–H and O–H groups in total. The van der Waals surface area contributed by atoms with Gasteiger partial charge in [-0.05, 0) is 49.6 Å². The first-order valence-corrected chi connectivity index (χ1v) is 11.7. The summed E-state index contributed by atoms with van der Waals surface area (Å²) in [6.07, 6.45) is 0.827. The van der Waals surface area contributed by atoms with Crippen LogP contribution in [-0.2, 0) is 17.7 Å². The van der Waals surface area contributed by atoms with E-state index in [0.29, 0.717) is 44.0 Å². The van der Waals surface area contributed by atoms with Crippen LogP contribution >= 0.6 is 0 Å². The Morgan fingerprint density at radius 2 is 2.15 bits per heavy atom. The molecule has 3 heterocycles. The second-order valence-electron chi connectivity index (χ2n) is 8.66. The molecular formula is C26H28FN3O4. The largest absolute Gasteiger partial charge is 0.491 e. The number of amides is 1. The standard InChI is InChI=1S/C26H28FN3O4/c1-3-32-16(2)17-8-9-23-18(12-17)13-19(15-33-23)28-26(31)22-14-25-30(29-22)11-10-24(34-25)20-6-4-5-7-21(20)27/h4-9,12,14,16,19,24H,3,10-11,13,15H2,1-2H3,(H,28,31). The number of rotatable bonds is 6. The van der Waals surface area contributed by atoms with E-state index in [9.17, 15) is 9.18 Å². The zero-order valence-electron chi connectivity index (χ0n) is 19.3. The minimum Gasteiger partial charge on any atom is -0.491 e. The van der Waals surface area contributed by atoms with Gasteiger partial charge in [-0.25, -0.2) is 9.07 Å². The molecule has 3 atom stereocenters. The lowest BCUT2D eigenvalue weighted by Gasteiger charge is -2.27. The number of aromatic nitrogens is 2. The molecule has 3 unspecified atom stereocenters. The van der Waals surface area contributed by atoms with Gasteiger partial charge in [0.05, 0.1) is 12.1 Å². The summed E-state index contributed by atoms with van der Waals surface area (Å²) in [5.41, 5.74) is 2.91. The van der Waals surface area contributed by atoms with E-state index in [0.717, 1.165) is 16.9 Å². The molecule has 5 rings (SSSR count). The van der Waals surface area contributed by atoms with E-state index in [1.54, 1.807) is 28.9 Å². The number of nitrogens with zero attached hydrogens (tertiary/aromatic N) is 2. The summed E-state index contributed by atoms with van der Waals surface area (Å²) < 4.78 is 33.4. The van der Waals surface area contributed by atoms with Gasteiger partial charge in [0.1, 0.15) is 24.3 Å². The average Bonchev–Trinajstić information content (AvgIpc) is 3.28. The monoisotopic (exact) mass is 465 g/mol. The summed E-state index contributed by atoms with van der Waals surface area (Å²) in [5.74, 6) is 0.714. The Morgan fingerprint density at radius 1 is 1.29 bits per heavy atom.